The van der Waals surface area contributed by atoms with E-state index in [1.54, 1.807) is 0 Å². The molecule has 0 aliphatic carbocycles. The molecule has 2 aromatic carbocycles. The average molecular weight is 309 g/mol. The van der Waals surface area contributed by atoms with Crippen LogP contribution >= 0.6 is 23.4 Å². The minimum absolute atomic E-state index is 0.326. The van der Waals surface area contributed by atoms with Gasteiger partial charge in [0.15, 0.2) is 0 Å². The SMILES string of the molecule is OC(COCc1ccccc1)CSc1ccccc1Cl. The molecule has 0 spiro atoms. The first kappa shape index (κ1) is 15.4. The monoisotopic (exact) mass is 308 g/mol. The van der Waals surface area contributed by atoms with E-state index in [1.807, 2.05) is 54.6 Å². The molecule has 0 heterocycles. The van der Waals surface area contributed by atoms with Gasteiger partial charge in [-0.05, 0) is 17.7 Å². The molecular weight excluding hydrogens is 292 g/mol. The molecule has 2 nitrogen and oxygen atoms in total. The predicted octanol–water partition coefficient (Wildman–Crippen LogP) is 4.01. The summed E-state index contributed by atoms with van der Waals surface area (Å²) in [6.45, 7) is 0.848. The Balaban J connectivity index is 1.68. The van der Waals surface area contributed by atoms with Gasteiger partial charge < -0.3 is 9.84 Å². The Morgan fingerprint density at radius 2 is 1.75 bits per heavy atom. The highest BCUT2D eigenvalue weighted by molar-refractivity contribution is 7.99. The van der Waals surface area contributed by atoms with Crippen LogP contribution in [0.1, 0.15) is 5.56 Å². The summed E-state index contributed by atoms with van der Waals surface area (Å²) in [7, 11) is 0. The van der Waals surface area contributed by atoms with Gasteiger partial charge in [0.1, 0.15) is 0 Å². The third kappa shape index (κ3) is 5.17. The molecular formula is C16H17ClO2S. The number of hydrogen-bond acceptors (Lipinski definition) is 3. The molecule has 0 aliphatic heterocycles. The Bertz CT molecular complexity index is 519. The maximum absolute atomic E-state index is 9.89. The van der Waals surface area contributed by atoms with Gasteiger partial charge in [-0.3, -0.25) is 0 Å². The first-order valence-electron chi connectivity index (χ1n) is 6.43. The number of aliphatic hydroxyl groups is 1. The highest BCUT2D eigenvalue weighted by Gasteiger charge is 2.07. The van der Waals surface area contributed by atoms with E-state index in [-0.39, 0.29) is 0 Å². The maximum Gasteiger partial charge on any atom is 0.0867 e. The van der Waals surface area contributed by atoms with Crippen LogP contribution in [-0.2, 0) is 11.3 Å². The van der Waals surface area contributed by atoms with Crippen LogP contribution in [0.25, 0.3) is 0 Å². The molecule has 0 radical (unpaired) electrons. The summed E-state index contributed by atoms with van der Waals surface area (Å²) in [4.78, 5) is 0.983. The highest BCUT2D eigenvalue weighted by Crippen LogP contribution is 2.26. The van der Waals surface area contributed by atoms with Crippen LogP contribution in [0, 0.1) is 0 Å². The zero-order valence-corrected chi connectivity index (χ0v) is 12.6. The van der Waals surface area contributed by atoms with Gasteiger partial charge in [-0.2, -0.15) is 0 Å². The fraction of sp³-hybridized carbons (Fsp3) is 0.250. The van der Waals surface area contributed by atoms with Gasteiger partial charge in [0.05, 0.1) is 24.3 Å². The molecule has 2 aromatic rings. The second-order valence-corrected chi connectivity index (χ2v) is 5.87. The fourth-order valence-electron chi connectivity index (χ4n) is 1.68. The molecule has 0 aliphatic rings. The van der Waals surface area contributed by atoms with Crippen LogP contribution in [0.4, 0.5) is 0 Å². The number of rotatable bonds is 7. The van der Waals surface area contributed by atoms with Crippen molar-refractivity contribution >= 4 is 23.4 Å². The van der Waals surface area contributed by atoms with Crippen molar-refractivity contribution in [2.75, 3.05) is 12.4 Å². The minimum atomic E-state index is -0.500. The average Bonchev–Trinajstić information content (AvgIpc) is 2.47. The van der Waals surface area contributed by atoms with Crippen molar-refractivity contribution in [3.05, 3.63) is 65.2 Å². The van der Waals surface area contributed by atoms with Gasteiger partial charge in [-0.1, -0.05) is 54.1 Å². The Hall–Kier alpha value is -1.00. The molecule has 20 heavy (non-hydrogen) atoms. The van der Waals surface area contributed by atoms with Crippen molar-refractivity contribution in [3.63, 3.8) is 0 Å². The molecule has 0 fully saturated rings. The van der Waals surface area contributed by atoms with Gasteiger partial charge in [0.2, 0.25) is 0 Å². The highest BCUT2D eigenvalue weighted by atomic mass is 35.5. The standard InChI is InChI=1S/C16H17ClO2S/c17-15-8-4-5-9-16(15)20-12-14(18)11-19-10-13-6-2-1-3-7-13/h1-9,14,18H,10-12H2. The molecule has 4 heteroatoms. The Morgan fingerprint density at radius 1 is 1.05 bits per heavy atom. The van der Waals surface area contributed by atoms with Crippen LogP contribution in [-0.4, -0.2) is 23.6 Å². The quantitative estimate of drug-likeness (QED) is 0.784. The van der Waals surface area contributed by atoms with Crippen LogP contribution in [0.3, 0.4) is 0 Å². The number of ether oxygens (including phenoxy) is 1. The summed E-state index contributed by atoms with van der Waals surface area (Å²) in [5, 5.41) is 10.6. The Labute approximate surface area is 128 Å². The topological polar surface area (TPSA) is 29.5 Å². The molecule has 0 saturated carbocycles. The van der Waals surface area contributed by atoms with Crippen LogP contribution < -0.4 is 0 Å². The molecule has 1 unspecified atom stereocenters. The molecule has 0 bridgehead atoms. The normalized spacial score (nSPS) is 12.3. The number of halogens is 1. The summed E-state index contributed by atoms with van der Waals surface area (Å²) in [5.74, 6) is 0.568. The number of benzene rings is 2. The van der Waals surface area contributed by atoms with Crippen molar-refractivity contribution in [2.45, 2.75) is 17.6 Å². The lowest BCUT2D eigenvalue weighted by Crippen LogP contribution is -2.17. The molecule has 1 N–H and O–H groups in total. The van der Waals surface area contributed by atoms with E-state index in [1.165, 1.54) is 11.8 Å². The van der Waals surface area contributed by atoms with Crippen LogP contribution in [0.5, 0.6) is 0 Å². The van der Waals surface area contributed by atoms with Crippen LogP contribution in [0.15, 0.2) is 59.5 Å². The van der Waals surface area contributed by atoms with E-state index in [4.69, 9.17) is 16.3 Å². The Morgan fingerprint density at radius 3 is 2.50 bits per heavy atom. The summed E-state index contributed by atoms with van der Waals surface area (Å²) < 4.78 is 5.50. The first-order chi connectivity index (χ1) is 9.75. The van der Waals surface area contributed by atoms with E-state index in [0.29, 0.717) is 19.0 Å². The minimum Gasteiger partial charge on any atom is -0.390 e. The van der Waals surface area contributed by atoms with Crippen molar-refractivity contribution in [2.24, 2.45) is 0 Å². The number of hydrogen-bond donors (Lipinski definition) is 1. The third-order valence-electron chi connectivity index (χ3n) is 2.69. The summed E-state index contributed by atoms with van der Waals surface area (Å²) in [6.07, 6.45) is -0.500. The van der Waals surface area contributed by atoms with E-state index in [2.05, 4.69) is 0 Å². The molecule has 106 valence electrons. The van der Waals surface area contributed by atoms with E-state index in [9.17, 15) is 5.11 Å². The van der Waals surface area contributed by atoms with E-state index in [0.717, 1.165) is 15.5 Å². The Kier molecular flexibility index (Phi) is 6.40. The van der Waals surface area contributed by atoms with Crippen molar-refractivity contribution in [3.8, 4) is 0 Å². The van der Waals surface area contributed by atoms with Crippen molar-refractivity contribution < 1.29 is 9.84 Å². The summed E-state index contributed by atoms with van der Waals surface area (Å²) in [6, 6.07) is 17.6. The zero-order valence-electron chi connectivity index (χ0n) is 11.0. The molecule has 0 saturated heterocycles. The van der Waals surface area contributed by atoms with Gasteiger partial charge in [-0.25, -0.2) is 0 Å². The lowest BCUT2D eigenvalue weighted by atomic mass is 10.2. The van der Waals surface area contributed by atoms with E-state index >= 15 is 0 Å². The van der Waals surface area contributed by atoms with Crippen molar-refractivity contribution in [1.29, 1.82) is 0 Å². The summed E-state index contributed by atoms with van der Waals surface area (Å²) in [5.41, 5.74) is 1.11. The van der Waals surface area contributed by atoms with Gasteiger partial charge >= 0.3 is 0 Å². The predicted molar refractivity (Wildman–Crippen MR) is 84.3 cm³/mol. The second-order valence-electron chi connectivity index (χ2n) is 4.40. The molecule has 0 aromatic heterocycles. The number of aliphatic hydroxyl groups excluding tert-OH is 1. The lowest BCUT2D eigenvalue weighted by molar-refractivity contribution is 0.0398. The number of thioether (sulfide) groups is 1. The smallest absolute Gasteiger partial charge is 0.0867 e. The first-order valence-corrected chi connectivity index (χ1v) is 7.79. The largest absolute Gasteiger partial charge is 0.390 e. The van der Waals surface area contributed by atoms with Crippen molar-refractivity contribution in [1.82, 2.24) is 0 Å². The lowest BCUT2D eigenvalue weighted by Gasteiger charge is -2.11. The molecule has 2 rings (SSSR count). The zero-order chi connectivity index (χ0) is 14.2. The molecule has 0 amide bonds. The van der Waals surface area contributed by atoms with E-state index < -0.39 is 6.10 Å². The summed E-state index contributed by atoms with van der Waals surface area (Å²) >= 11 is 7.60. The molecule has 1 atom stereocenters. The van der Waals surface area contributed by atoms with Gasteiger partial charge in [-0.15, -0.1) is 11.8 Å². The fourth-order valence-corrected chi connectivity index (χ4v) is 2.83. The maximum atomic E-state index is 9.89. The second kappa shape index (κ2) is 8.32. The van der Waals surface area contributed by atoms with Gasteiger partial charge in [0.25, 0.3) is 0 Å². The third-order valence-corrected chi connectivity index (χ3v) is 4.35. The van der Waals surface area contributed by atoms with Crippen LogP contribution in [0.2, 0.25) is 5.02 Å². The van der Waals surface area contributed by atoms with Gasteiger partial charge in [0, 0.05) is 10.6 Å².